The van der Waals surface area contributed by atoms with Crippen molar-refractivity contribution in [2.24, 2.45) is 0 Å². The molecule has 4 rings (SSSR count). The SMILES string of the molecule is CCCCOC(=O)N1CCC(Oc2cc(N3CCc4cc(S(C)(=O)=O)ccc43)ncn2)CC1. The maximum absolute atomic E-state index is 12.1. The molecule has 2 aliphatic rings. The normalized spacial score (nSPS) is 16.5. The number of rotatable bonds is 7. The van der Waals surface area contributed by atoms with Gasteiger partial charge in [0.15, 0.2) is 9.84 Å². The first-order valence-electron chi connectivity index (χ1n) is 11.4. The maximum Gasteiger partial charge on any atom is 0.409 e. The fraction of sp³-hybridized carbons (Fsp3) is 0.522. The Morgan fingerprint density at radius 1 is 1.15 bits per heavy atom. The van der Waals surface area contributed by atoms with E-state index >= 15 is 0 Å². The van der Waals surface area contributed by atoms with E-state index in [0.717, 1.165) is 30.5 Å². The van der Waals surface area contributed by atoms with E-state index in [4.69, 9.17) is 9.47 Å². The number of aromatic nitrogens is 2. The summed E-state index contributed by atoms with van der Waals surface area (Å²) in [6, 6.07) is 7.01. The molecule has 1 aromatic carbocycles. The lowest BCUT2D eigenvalue weighted by atomic mass is 10.1. The van der Waals surface area contributed by atoms with Crippen molar-refractivity contribution in [3.8, 4) is 5.88 Å². The Kier molecular flexibility index (Phi) is 7.02. The molecule has 1 amide bonds. The first-order valence-corrected chi connectivity index (χ1v) is 13.2. The molecule has 9 nitrogen and oxygen atoms in total. The number of ether oxygens (including phenoxy) is 2. The van der Waals surface area contributed by atoms with Gasteiger partial charge < -0.3 is 19.3 Å². The molecule has 178 valence electrons. The monoisotopic (exact) mass is 474 g/mol. The average Bonchev–Trinajstić information content (AvgIpc) is 3.23. The van der Waals surface area contributed by atoms with Gasteiger partial charge >= 0.3 is 6.09 Å². The number of anilines is 2. The van der Waals surface area contributed by atoms with Gasteiger partial charge in [-0.15, -0.1) is 0 Å². The minimum atomic E-state index is -3.24. The zero-order valence-corrected chi connectivity index (χ0v) is 19.9. The quantitative estimate of drug-likeness (QED) is 0.563. The molecule has 0 N–H and O–H groups in total. The van der Waals surface area contributed by atoms with Crippen molar-refractivity contribution in [3.63, 3.8) is 0 Å². The third-order valence-corrected chi connectivity index (χ3v) is 7.10. The van der Waals surface area contributed by atoms with Gasteiger partial charge in [0, 0.05) is 50.5 Å². The number of fused-ring (bicyclic) bond motifs is 1. The van der Waals surface area contributed by atoms with Crippen molar-refractivity contribution in [2.45, 2.75) is 50.0 Å². The number of hydrogen-bond acceptors (Lipinski definition) is 8. The van der Waals surface area contributed by atoms with Crippen molar-refractivity contribution >= 4 is 27.4 Å². The number of carbonyl (C=O) groups excluding carboxylic acids is 1. The summed E-state index contributed by atoms with van der Waals surface area (Å²) in [6.07, 6.45) is 6.45. The summed E-state index contributed by atoms with van der Waals surface area (Å²) < 4.78 is 35.1. The lowest BCUT2D eigenvalue weighted by Gasteiger charge is -2.31. The molecule has 0 bridgehead atoms. The predicted molar refractivity (Wildman–Crippen MR) is 124 cm³/mol. The Labute approximate surface area is 194 Å². The van der Waals surface area contributed by atoms with Crippen LogP contribution in [0.2, 0.25) is 0 Å². The molecule has 2 aromatic rings. The second kappa shape index (κ2) is 9.94. The Bertz CT molecular complexity index is 1100. The smallest absolute Gasteiger partial charge is 0.409 e. The van der Waals surface area contributed by atoms with Gasteiger partial charge in [-0.05, 0) is 36.6 Å². The van der Waals surface area contributed by atoms with Crippen LogP contribution in [0.5, 0.6) is 5.88 Å². The first kappa shape index (κ1) is 23.3. The van der Waals surface area contributed by atoms with Crippen LogP contribution in [0.3, 0.4) is 0 Å². The van der Waals surface area contributed by atoms with Crippen LogP contribution in [-0.2, 0) is 21.0 Å². The molecular formula is C23H30N4O5S. The molecule has 0 aliphatic carbocycles. The highest BCUT2D eigenvalue weighted by atomic mass is 32.2. The molecule has 2 aliphatic heterocycles. The van der Waals surface area contributed by atoms with E-state index in [1.807, 2.05) is 17.0 Å². The van der Waals surface area contributed by atoms with E-state index in [-0.39, 0.29) is 12.2 Å². The van der Waals surface area contributed by atoms with Crippen molar-refractivity contribution < 1.29 is 22.7 Å². The molecule has 0 radical (unpaired) electrons. The molecule has 3 heterocycles. The van der Waals surface area contributed by atoms with Crippen LogP contribution in [0.1, 0.15) is 38.2 Å². The summed E-state index contributed by atoms with van der Waals surface area (Å²) in [4.78, 5) is 24.9. The van der Waals surface area contributed by atoms with Gasteiger partial charge in [-0.25, -0.2) is 23.2 Å². The van der Waals surface area contributed by atoms with Crippen molar-refractivity contribution in [1.82, 2.24) is 14.9 Å². The number of sulfone groups is 1. The number of carbonyl (C=O) groups is 1. The van der Waals surface area contributed by atoms with E-state index in [1.54, 1.807) is 17.0 Å². The Hall–Kier alpha value is -2.88. The average molecular weight is 475 g/mol. The van der Waals surface area contributed by atoms with Gasteiger partial charge in [0.1, 0.15) is 18.2 Å². The van der Waals surface area contributed by atoms with Crippen molar-refractivity contribution in [2.75, 3.05) is 37.4 Å². The fourth-order valence-electron chi connectivity index (χ4n) is 4.11. The Morgan fingerprint density at radius 3 is 2.67 bits per heavy atom. The van der Waals surface area contributed by atoms with Crippen molar-refractivity contribution in [3.05, 3.63) is 36.2 Å². The van der Waals surface area contributed by atoms with E-state index < -0.39 is 9.84 Å². The number of likely N-dealkylation sites (tertiary alicyclic amines) is 1. The summed E-state index contributed by atoms with van der Waals surface area (Å²) in [7, 11) is -3.24. The Balaban J connectivity index is 1.37. The first-order chi connectivity index (χ1) is 15.8. The summed E-state index contributed by atoms with van der Waals surface area (Å²) in [5.74, 6) is 1.20. The van der Waals surface area contributed by atoms with Crippen LogP contribution in [0.15, 0.2) is 35.5 Å². The van der Waals surface area contributed by atoms with Crippen molar-refractivity contribution in [1.29, 1.82) is 0 Å². The van der Waals surface area contributed by atoms with Crippen LogP contribution in [0.25, 0.3) is 0 Å². The van der Waals surface area contributed by atoms with Gasteiger partial charge in [0.25, 0.3) is 0 Å². The number of hydrogen-bond donors (Lipinski definition) is 0. The third-order valence-electron chi connectivity index (χ3n) is 5.99. The van der Waals surface area contributed by atoms with Crippen LogP contribution >= 0.6 is 0 Å². The molecule has 0 atom stereocenters. The van der Waals surface area contributed by atoms with Gasteiger partial charge in [-0.1, -0.05) is 13.3 Å². The zero-order chi connectivity index (χ0) is 23.4. The highest BCUT2D eigenvalue weighted by Crippen LogP contribution is 2.35. The lowest BCUT2D eigenvalue weighted by Crippen LogP contribution is -2.42. The molecule has 33 heavy (non-hydrogen) atoms. The van der Waals surface area contributed by atoms with Gasteiger partial charge in [-0.3, -0.25) is 0 Å². The topological polar surface area (TPSA) is 102 Å². The van der Waals surface area contributed by atoms with E-state index in [2.05, 4.69) is 16.9 Å². The summed E-state index contributed by atoms with van der Waals surface area (Å²) in [5.41, 5.74) is 1.93. The van der Waals surface area contributed by atoms with Crippen LogP contribution < -0.4 is 9.64 Å². The van der Waals surface area contributed by atoms with E-state index in [9.17, 15) is 13.2 Å². The molecule has 1 fully saturated rings. The molecule has 10 heteroatoms. The number of piperidine rings is 1. The van der Waals surface area contributed by atoms with Crippen LogP contribution in [0, 0.1) is 0 Å². The van der Waals surface area contributed by atoms with Crippen LogP contribution in [0.4, 0.5) is 16.3 Å². The standard InChI is InChI=1S/C23H30N4O5S/c1-3-4-13-31-23(28)26-10-8-18(9-11-26)32-22-15-21(24-16-25-22)27-12-7-17-14-19(33(2,29)30)5-6-20(17)27/h5-6,14-16,18H,3-4,7-13H2,1-2H3. The summed E-state index contributed by atoms with van der Waals surface area (Å²) >= 11 is 0. The Morgan fingerprint density at radius 2 is 1.94 bits per heavy atom. The maximum atomic E-state index is 12.1. The van der Waals surface area contributed by atoms with E-state index in [1.165, 1.54) is 12.6 Å². The minimum absolute atomic E-state index is 0.0318. The number of amides is 1. The molecular weight excluding hydrogens is 444 g/mol. The lowest BCUT2D eigenvalue weighted by molar-refractivity contribution is 0.0656. The second-order valence-electron chi connectivity index (χ2n) is 8.45. The molecule has 0 unspecified atom stereocenters. The van der Waals surface area contributed by atoms with Gasteiger partial charge in [-0.2, -0.15) is 0 Å². The highest BCUT2D eigenvalue weighted by molar-refractivity contribution is 7.90. The third kappa shape index (κ3) is 5.55. The largest absolute Gasteiger partial charge is 0.474 e. The summed E-state index contributed by atoms with van der Waals surface area (Å²) in [6.45, 7) is 4.42. The summed E-state index contributed by atoms with van der Waals surface area (Å²) in [5, 5.41) is 0. The molecule has 0 saturated carbocycles. The predicted octanol–water partition coefficient (Wildman–Crippen LogP) is 3.35. The minimum Gasteiger partial charge on any atom is -0.474 e. The number of nitrogens with zero attached hydrogens (tertiary/aromatic N) is 4. The van der Waals surface area contributed by atoms with Gasteiger partial charge in [0.05, 0.1) is 11.5 Å². The van der Waals surface area contributed by atoms with E-state index in [0.29, 0.717) is 55.7 Å². The number of unbranched alkanes of at least 4 members (excludes halogenated alkanes) is 1. The zero-order valence-electron chi connectivity index (χ0n) is 19.1. The second-order valence-corrected chi connectivity index (χ2v) is 10.5. The molecule has 0 spiro atoms. The molecule has 1 saturated heterocycles. The highest BCUT2D eigenvalue weighted by Gasteiger charge is 2.27. The van der Waals surface area contributed by atoms with Gasteiger partial charge in [0.2, 0.25) is 5.88 Å². The fourth-order valence-corrected chi connectivity index (χ4v) is 4.78. The number of benzene rings is 1. The molecule has 1 aromatic heterocycles. The van der Waals surface area contributed by atoms with Crippen LogP contribution in [-0.4, -0.2) is 68.0 Å².